The third kappa shape index (κ3) is 2.24. The maximum Gasteiger partial charge on any atom is 0.163 e. The van der Waals surface area contributed by atoms with Crippen molar-refractivity contribution in [2.45, 2.75) is 13.0 Å². The van der Waals surface area contributed by atoms with Gasteiger partial charge in [0.25, 0.3) is 0 Å². The molecule has 1 aliphatic rings. The average molecular weight is 315 g/mol. The highest BCUT2D eigenvalue weighted by Crippen LogP contribution is 2.37. The quantitative estimate of drug-likeness (QED) is 0.804. The van der Waals surface area contributed by atoms with Crippen molar-refractivity contribution < 1.29 is 9.47 Å². The highest BCUT2D eigenvalue weighted by molar-refractivity contribution is 7.13. The fraction of sp³-hybridized carbons (Fsp3) is 0.312. The highest BCUT2D eigenvalue weighted by atomic mass is 32.1. The molecule has 3 heterocycles. The van der Waals surface area contributed by atoms with E-state index in [0.29, 0.717) is 19.8 Å². The van der Waals surface area contributed by atoms with Gasteiger partial charge in [0.1, 0.15) is 13.2 Å². The van der Waals surface area contributed by atoms with Crippen molar-refractivity contribution in [1.29, 1.82) is 0 Å². The van der Waals surface area contributed by atoms with Gasteiger partial charge in [0, 0.05) is 18.7 Å². The molecule has 114 valence electrons. The molecule has 0 atom stereocenters. The summed E-state index contributed by atoms with van der Waals surface area (Å²) in [6, 6.07) is 8.14. The molecule has 3 aromatic rings. The van der Waals surface area contributed by atoms with Crippen molar-refractivity contribution in [3.63, 3.8) is 0 Å². The normalized spacial score (nSPS) is 13.7. The van der Waals surface area contributed by atoms with Crippen molar-refractivity contribution >= 4 is 22.4 Å². The van der Waals surface area contributed by atoms with Crippen molar-refractivity contribution in [3.8, 4) is 22.2 Å². The molecule has 4 rings (SSSR count). The second-order valence-electron chi connectivity index (χ2n) is 5.19. The molecule has 0 saturated carbocycles. The maximum absolute atomic E-state index is 5.70. The van der Waals surface area contributed by atoms with Crippen LogP contribution in [0.1, 0.15) is 6.42 Å². The lowest BCUT2D eigenvalue weighted by Gasteiger charge is -2.18. The fourth-order valence-electron chi connectivity index (χ4n) is 2.73. The zero-order chi connectivity index (χ0) is 14.9. The number of thiophene rings is 1. The summed E-state index contributed by atoms with van der Waals surface area (Å²) in [5, 5.41) is 2.07. The molecule has 2 N–H and O–H groups in total. The van der Waals surface area contributed by atoms with E-state index in [1.165, 1.54) is 0 Å². The lowest BCUT2D eigenvalue weighted by atomic mass is 10.2. The Bertz CT molecular complexity index is 795. The fourth-order valence-corrected chi connectivity index (χ4v) is 3.45. The number of aromatic nitrogens is 2. The molecule has 1 aromatic carbocycles. The highest BCUT2D eigenvalue weighted by Gasteiger charge is 2.19. The number of ether oxygens (including phenoxy) is 2. The zero-order valence-electron chi connectivity index (χ0n) is 12.1. The number of rotatable bonds is 4. The number of benzene rings is 1. The van der Waals surface area contributed by atoms with Crippen LogP contribution in [-0.2, 0) is 6.54 Å². The molecule has 0 fully saturated rings. The number of hydrogen-bond donors (Lipinski definition) is 1. The van der Waals surface area contributed by atoms with Crippen LogP contribution in [0.2, 0.25) is 0 Å². The third-order valence-corrected chi connectivity index (χ3v) is 4.61. The molecular weight excluding hydrogens is 298 g/mol. The summed E-state index contributed by atoms with van der Waals surface area (Å²) in [6.07, 6.45) is 0.915. The summed E-state index contributed by atoms with van der Waals surface area (Å²) in [4.78, 5) is 5.97. The first-order valence-electron chi connectivity index (χ1n) is 7.40. The monoisotopic (exact) mass is 315 g/mol. The minimum absolute atomic E-state index is 0.587. The van der Waals surface area contributed by atoms with Gasteiger partial charge in [-0.15, -0.1) is 11.3 Å². The van der Waals surface area contributed by atoms with Crippen LogP contribution in [0.15, 0.2) is 29.6 Å². The van der Waals surface area contributed by atoms with Gasteiger partial charge in [-0.1, -0.05) is 6.07 Å². The molecule has 22 heavy (non-hydrogen) atoms. The van der Waals surface area contributed by atoms with Crippen LogP contribution in [0.5, 0.6) is 11.5 Å². The van der Waals surface area contributed by atoms with Crippen LogP contribution in [0.4, 0.5) is 0 Å². The van der Waals surface area contributed by atoms with Crippen molar-refractivity contribution in [2.24, 2.45) is 5.73 Å². The van der Waals surface area contributed by atoms with Crippen LogP contribution < -0.4 is 15.2 Å². The van der Waals surface area contributed by atoms with Gasteiger partial charge in [-0.25, -0.2) is 4.98 Å². The standard InChI is InChI=1S/C16H17N3O2S/c17-4-2-5-19-12-10-14-13(20-6-7-21-14)9-11(12)18-16(19)15-3-1-8-22-15/h1,3,8-10H,2,4-7,17H2. The smallest absolute Gasteiger partial charge is 0.163 e. The molecule has 1 aliphatic heterocycles. The molecule has 0 bridgehead atoms. The van der Waals surface area contributed by atoms with Gasteiger partial charge < -0.3 is 19.8 Å². The van der Waals surface area contributed by atoms with Crippen LogP contribution >= 0.6 is 11.3 Å². The van der Waals surface area contributed by atoms with Gasteiger partial charge in [-0.2, -0.15) is 0 Å². The van der Waals surface area contributed by atoms with Gasteiger partial charge in [0.2, 0.25) is 0 Å². The number of fused-ring (bicyclic) bond motifs is 2. The van der Waals surface area contributed by atoms with Crippen molar-refractivity contribution in [1.82, 2.24) is 9.55 Å². The number of imidazole rings is 1. The van der Waals surface area contributed by atoms with E-state index in [4.69, 9.17) is 20.2 Å². The Kier molecular flexibility index (Phi) is 3.48. The van der Waals surface area contributed by atoms with Crippen LogP contribution in [-0.4, -0.2) is 29.3 Å². The Labute approximate surface area is 132 Å². The molecule has 0 radical (unpaired) electrons. The van der Waals surface area contributed by atoms with E-state index >= 15 is 0 Å². The third-order valence-electron chi connectivity index (χ3n) is 3.74. The molecule has 6 heteroatoms. The maximum atomic E-state index is 5.70. The largest absolute Gasteiger partial charge is 0.486 e. The van der Waals surface area contributed by atoms with E-state index in [1.807, 2.05) is 18.2 Å². The summed E-state index contributed by atoms with van der Waals surface area (Å²) in [7, 11) is 0. The van der Waals surface area contributed by atoms with E-state index in [0.717, 1.165) is 46.2 Å². The molecule has 5 nitrogen and oxygen atoms in total. The topological polar surface area (TPSA) is 62.3 Å². The lowest BCUT2D eigenvalue weighted by molar-refractivity contribution is 0.172. The molecule has 0 saturated heterocycles. The van der Waals surface area contributed by atoms with Crippen molar-refractivity contribution in [3.05, 3.63) is 29.6 Å². The first-order valence-corrected chi connectivity index (χ1v) is 8.28. The summed E-state index contributed by atoms with van der Waals surface area (Å²) in [5.41, 5.74) is 7.70. The molecule has 2 aromatic heterocycles. The molecule has 0 aliphatic carbocycles. The molecule has 0 unspecified atom stereocenters. The molecule has 0 amide bonds. The van der Waals surface area contributed by atoms with E-state index in [9.17, 15) is 0 Å². The lowest BCUT2D eigenvalue weighted by Crippen LogP contribution is -2.15. The van der Waals surface area contributed by atoms with Gasteiger partial charge in [0.15, 0.2) is 17.3 Å². The van der Waals surface area contributed by atoms with Crippen LogP contribution in [0.3, 0.4) is 0 Å². The number of aryl methyl sites for hydroxylation is 1. The van der Waals surface area contributed by atoms with E-state index in [-0.39, 0.29) is 0 Å². The van der Waals surface area contributed by atoms with Crippen LogP contribution in [0.25, 0.3) is 21.7 Å². The Morgan fingerprint density at radius 1 is 1.23 bits per heavy atom. The molecule has 0 spiro atoms. The zero-order valence-corrected chi connectivity index (χ0v) is 12.9. The summed E-state index contributed by atoms with van der Waals surface area (Å²) < 4.78 is 13.6. The minimum atomic E-state index is 0.587. The Morgan fingerprint density at radius 3 is 2.77 bits per heavy atom. The van der Waals surface area contributed by atoms with Gasteiger partial charge in [-0.3, -0.25) is 0 Å². The number of nitrogens with zero attached hydrogens (tertiary/aromatic N) is 2. The predicted octanol–water partition coefficient (Wildman–Crippen LogP) is 2.88. The molecular formula is C16H17N3O2S. The second kappa shape index (κ2) is 5.62. The number of nitrogens with two attached hydrogens (primary N) is 1. The van der Waals surface area contributed by atoms with Gasteiger partial charge in [0.05, 0.1) is 15.9 Å². The Morgan fingerprint density at radius 2 is 2.05 bits per heavy atom. The van der Waals surface area contributed by atoms with Gasteiger partial charge in [-0.05, 0) is 24.4 Å². The Hall–Kier alpha value is -2.05. The summed E-state index contributed by atoms with van der Waals surface area (Å²) >= 11 is 1.69. The summed E-state index contributed by atoms with van der Waals surface area (Å²) in [6.45, 7) is 2.69. The Balaban J connectivity index is 1.90. The van der Waals surface area contributed by atoms with E-state index in [2.05, 4.69) is 16.0 Å². The predicted molar refractivity (Wildman–Crippen MR) is 87.7 cm³/mol. The minimum Gasteiger partial charge on any atom is -0.486 e. The first-order chi connectivity index (χ1) is 10.9. The second-order valence-corrected chi connectivity index (χ2v) is 6.14. The SMILES string of the molecule is NCCCn1c(-c2cccs2)nc2cc3c(cc21)OCCO3. The summed E-state index contributed by atoms with van der Waals surface area (Å²) in [5.74, 6) is 2.56. The van der Waals surface area contributed by atoms with Gasteiger partial charge >= 0.3 is 0 Å². The first kappa shape index (κ1) is 13.6. The average Bonchev–Trinajstić information content (AvgIpc) is 3.18. The number of hydrogen-bond acceptors (Lipinski definition) is 5. The van der Waals surface area contributed by atoms with Crippen LogP contribution in [0, 0.1) is 0 Å². The van der Waals surface area contributed by atoms with Crippen molar-refractivity contribution in [2.75, 3.05) is 19.8 Å². The van der Waals surface area contributed by atoms with E-state index < -0.39 is 0 Å². The van der Waals surface area contributed by atoms with E-state index in [1.54, 1.807) is 11.3 Å².